The second-order valence-electron chi connectivity index (χ2n) is 7.95. The summed E-state index contributed by atoms with van der Waals surface area (Å²) in [7, 11) is 1.35. The van der Waals surface area contributed by atoms with Gasteiger partial charge in [-0.3, -0.25) is 4.79 Å². The van der Waals surface area contributed by atoms with E-state index in [1.165, 1.54) is 18.4 Å². The van der Waals surface area contributed by atoms with Crippen LogP contribution in [0.5, 0.6) is 0 Å². The average molecular weight is 496 g/mol. The molecule has 35 heavy (non-hydrogen) atoms. The summed E-state index contributed by atoms with van der Waals surface area (Å²) >= 11 is 1.25. The molecule has 0 bridgehead atoms. The first kappa shape index (κ1) is 24.4. The van der Waals surface area contributed by atoms with Crippen molar-refractivity contribution in [1.82, 2.24) is 15.6 Å². The number of carboxylic acid groups (broad SMARTS) is 1. The maximum absolute atomic E-state index is 12.3. The molecule has 0 radical (unpaired) electrons. The minimum Gasteiger partial charge on any atom is -0.480 e. The number of aromatic nitrogens is 1. The van der Waals surface area contributed by atoms with E-state index in [0.29, 0.717) is 11.4 Å². The third-order valence-electron chi connectivity index (χ3n) is 5.67. The molecule has 0 aliphatic heterocycles. The van der Waals surface area contributed by atoms with E-state index < -0.39 is 24.0 Å². The molecule has 0 saturated carbocycles. The number of hydrogen-bond donors (Lipinski definition) is 3. The third kappa shape index (κ3) is 5.67. The summed E-state index contributed by atoms with van der Waals surface area (Å²) in [6.07, 6.45) is -0.118. The number of methoxy groups -OCH3 is 1. The van der Waals surface area contributed by atoms with Gasteiger partial charge in [0.2, 0.25) is 0 Å². The van der Waals surface area contributed by atoms with E-state index in [2.05, 4.69) is 39.9 Å². The highest BCUT2D eigenvalue weighted by molar-refractivity contribution is 7.09. The van der Waals surface area contributed by atoms with Crippen molar-refractivity contribution < 1.29 is 29.0 Å². The standard InChI is InChI=1S/C25H25N3O6S/c1-33-13-20(24(30)31)28-23(29)21-14-35-22(27-21)10-11-26-25(32)34-12-19-17-8-4-2-6-15(17)16-7-3-5-9-18(16)19/h2-9,14,19-20H,10-13H2,1H3,(H,26,32)(H,28,29)(H,30,31)/t20-/m0/s1. The SMILES string of the molecule is COC[C@H](NC(=O)c1csc(CCNC(=O)OCC2c3ccccc3-c3ccccc32)n1)C(=O)O. The van der Waals surface area contributed by atoms with Gasteiger partial charge in [-0.05, 0) is 22.3 Å². The highest BCUT2D eigenvalue weighted by Crippen LogP contribution is 2.44. The lowest BCUT2D eigenvalue weighted by Crippen LogP contribution is -2.43. The number of nitrogens with zero attached hydrogens (tertiary/aromatic N) is 1. The quantitative estimate of drug-likeness (QED) is 0.395. The first-order chi connectivity index (χ1) is 17.0. The van der Waals surface area contributed by atoms with E-state index in [9.17, 15) is 14.4 Å². The Morgan fingerprint density at radius 3 is 2.37 bits per heavy atom. The lowest BCUT2D eigenvalue weighted by molar-refractivity contribution is -0.140. The van der Waals surface area contributed by atoms with Crippen LogP contribution >= 0.6 is 11.3 Å². The molecule has 0 fully saturated rings. The number of alkyl carbamates (subject to hydrolysis) is 1. The van der Waals surface area contributed by atoms with Crippen molar-refractivity contribution in [2.24, 2.45) is 0 Å². The first-order valence-corrected chi connectivity index (χ1v) is 11.9. The zero-order valence-electron chi connectivity index (χ0n) is 19.0. The number of ether oxygens (including phenoxy) is 2. The Hall–Kier alpha value is -3.76. The monoisotopic (exact) mass is 495 g/mol. The van der Waals surface area contributed by atoms with E-state index in [-0.39, 0.29) is 31.4 Å². The summed E-state index contributed by atoms with van der Waals surface area (Å²) < 4.78 is 10.3. The molecular weight excluding hydrogens is 470 g/mol. The number of aliphatic carboxylic acids is 1. The van der Waals surface area contributed by atoms with Crippen LogP contribution in [-0.4, -0.2) is 61.0 Å². The number of carbonyl (C=O) groups is 3. The minimum atomic E-state index is -1.19. The van der Waals surface area contributed by atoms with Gasteiger partial charge in [0.05, 0.1) is 11.6 Å². The first-order valence-electron chi connectivity index (χ1n) is 11.0. The maximum atomic E-state index is 12.3. The summed E-state index contributed by atoms with van der Waals surface area (Å²) in [6.45, 7) is 0.364. The molecular formula is C25H25N3O6S. The van der Waals surface area contributed by atoms with Crippen molar-refractivity contribution in [3.8, 4) is 11.1 Å². The number of carbonyl (C=O) groups excluding carboxylic acids is 2. The molecule has 1 aliphatic rings. The second kappa shape index (κ2) is 11.1. The second-order valence-corrected chi connectivity index (χ2v) is 8.89. The Morgan fingerprint density at radius 1 is 1.09 bits per heavy atom. The largest absolute Gasteiger partial charge is 0.480 e. The Kier molecular flexibility index (Phi) is 7.74. The van der Waals surface area contributed by atoms with Gasteiger partial charge in [-0.15, -0.1) is 11.3 Å². The van der Waals surface area contributed by atoms with E-state index in [1.54, 1.807) is 5.38 Å². The number of hydrogen-bond acceptors (Lipinski definition) is 7. The van der Waals surface area contributed by atoms with Crippen LogP contribution in [-0.2, 0) is 20.7 Å². The molecule has 1 aromatic heterocycles. The number of nitrogens with one attached hydrogen (secondary N) is 2. The molecule has 1 heterocycles. The fourth-order valence-electron chi connectivity index (χ4n) is 4.02. The number of benzene rings is 2. The number of amides is 2. The van der Waals surface area contributed by atoms with Gasteiger partial charge in [-0.25, -0.2) is 14.6 Å². The fourth-order valence-corrected chi connectivity index (χ4v) is 4.80. The Morgan fingerprint density at radius 2 is 1.74 bits per heavy atom. The maximum Gasteiger partial charge on any atom is 0.407 e. The highest BCUT2D eigenvalue weighted by atomic mass is 32.1. The van der Waals surface area contributed by atoms with Gasteiger partial charge >= 0.3 is 12.1 Å². The number of fused-ring (bicyclic) bond motifs is 3. The van der Waals surface area contributed by atoms with Crippen molar-refractivity contribution in [3.05, 3.63) is 75.7 Å². The van der Waals surface area contributed by atoms with E-state index in [4.69, 9.17) is 14.6 Å². The molecule has 2 amide bonds. The molecule has 2 aromatic carbocycles. The van der Waals surface area contributed by atoms with Crippen molar-refractivity contribution in [3.63, 3.8) is 0 Å². The van der Waals surface area contributed by atoms with Gasteiger partial charge in [0.1, 0.15) is 12.3 Å². The summed E-state index contributed by atoms with van der Waals surface area (Å²) in [6, 6.07) is 15.1. The van der Waals surface area contributed by atoms with Crippen LogP contribution in [0.25, 0.3) is 11.1 Å². The number of carboxylic acids is 1. The van der Waals surface area contributed by atoms with Crippen LogP contribution < -0.4 is 10.6 Å². The molecule has 3 aromatic rings. The molecule has 0 spiro atoms. The summed E-state index contributed by atoms with van der Waals surface area (Å²) in [4.78, 5) is 39.9. The van der Waals surface area contributed by atoms with Crippen LogP contribution in [0.1, 0.15) is 32.5 Å². The summed E-state index contributed by atoms with van der Waals surface area (Å²) in [5.74, 6) is -1.80. The molecule has 3 N–H and O–H groups in total. The molecule has 9 nitrogen and oxygen atoms in total. The van der Waals surface area contributed by atoms with Crippen molar-refractivity contribution in [1.29, 1.82) is 0 Å². The highest BCUT2D eigenvalue weighted by Gasteiger charge is 2.29. The van der Waals surface area contributed by atoms with Crippen LogP contribution in [0.2, 0.25) is 0 Å². The van der Waals surface area contributed by atoms with Crippen molar-refractivity contribution >= 4 is 29.3 Å². The van der Waals surface area contributed by atoms with E-state index >= 15 is 0 Å². The number of rotatable bonds is 10. The predicted octanol–water partition coefficient (Wildman–Crippen LogP) is 3.05. The Balaban J connectivity index is 1.25. The van der Waals surface area contributed by atoms with Crippen molar-refractivity contribution in [2.75, 3.05) is 26.9 Å². The third-order valence-corrected chi connectivity index (χ3v) is 6.58. The van der Waals surface area contributed by atoms with Crippen molar-refractivity contribution in [2.45, 2.75) is 18.4 Å². The van der Waals surface area contributed by atoms with Gasteiger partial charge in [0, 0.05) is 31.4 Å². The molecule has 4 rings (SSSR count). The Labute approximate surface area is 206 Å². The van der Waals surface area contributed by atoms with Crippen LogP contribution in [0, 0.1) is 0 Å². The van der Waals surface area contributed by atoms with Crippen LogP contribution in [0.3, 0.4) is 0 Å². The van der Waals surface area contributed by atoms with Gasteiger partial charge in [-0.2, -0.15) is 0 Å². The van der Waals surface area contributed by atoms with Gasteiger partial charge < -0.3 is 25.2 Å². The summed E-state index contributed by atoms with van der Waals surface area (Å²) in [5.41, 5.74) is 4.74. The Bertz CT molecular complexity index is 1180. The minimum absolute atomic E-state index is 0.0130. The van der Waals surface area contributed by atoms with Gasteiger partial charge in [0.15, 0.2) is 6.04 Å². The van der Waals surface area contributed by atoms with Crippen LogP contribution in [0.4, 0.5) is 4.79 Å². The zero-order chi connectivity index (χ0) is 24.8. The molecule has 1 aliphatic carbocycles. The normalized spacial score (nSPS) is 12.9. The predicted molar refractivity (Wildman–Crippen MR) is 130 cm³/mol. The lowest BCUT2D eigenvalue weighted by Gasteiger charge is -2.14. The molecule has 0 unspecified atom stereocenters. The molecule has 0 saturated heterocycles. The molecule has 10 heteroatoms. The van der Waals surface area contributed by atoms with Gasteiger partial charge in [0.25, 0.3) is 5.91 Å². The zero-order valence-corrected chi connectivity index (χ0v) is 19.8. The number of thiazole rings is 1. The van der Waals surface area contributed by atoms with E-state index in [1.807, 2.05) is 24.3 Å². The summed E-state index contributed by atoms with van der Waals surface area (Å²) in [5, 5.41) is 16.4. The fraction of sp³-hybridized carbons (Fsp3) is 0.280. The van der Waals surface area contributed by atoms with Gasteiger partial charge in [-0.1, -0.05) is 48.5 Å². The topological polar surface area (TPSA) is 127 Å². The molecule has 182 valence electrons. The van der Waals surface area contributed by atoms with Crippen LogP contribution in [0.15, 0.2) is 53.9 Å². The molecule has 1 atom stereocenters. The average Bonchev–Trinajstić information content (AvgIpc) is 3.45. The van der Waals surface area contributed by atoms with E-state index in [0.717, 1.165) is 22.3 Å². The lowest BCUT2D eigenvalue weighted by atomic mass is 9.98. The smallest absolute Gasteiger partial charge is 0.407 e.